The lowest BCUT2D eigenvalue weighted by molar-refractivity contribution is -0.125. The highest BCUT2D eigenvalue weighted by Gasteiger charge is 2.18. The Hall–Kier alpha value is -0.830. The van der Waals surface area contributed by atoms with E-state index in [2.05, 4.69) is 5.32 Å². The van der Waals surface area contributed by atoms with Crippen molar-refractivity contribution in [2.45, 2.75) is 25.9 Å². The van der Waals surface area contributed by atoms with E-state index in [1.54, 1.807) is 6.92 Å². The van der Waals surface area contributed by atoms with E-state index in [0.29, 0.717) is 6.54 Å². The number of amides is 1. The molecular weight excluding hydrogens is 154 g/mol. The van der Waals surface area contributed by atoms with Crippen molar-refractivity contribution in [3.05, 3.63) is 12.2 Å². The largest absolute Gasteiger partial charge is 0.392 e. The molecule has 0 saturated carbocycles. The summed E-state index contributed by atoms with van der Waals surface area (Å²) in [5.74, 6) is 0.157. The summed E-state index contributed by atoms with van der Waals surface area (Å²) < 4.78 is 0. The topological polar surface area (TPSA) is 49.3 Å². The van der Waals surface area contributed by atoms with Gasteiger partial charge in [-0.1, -0.05) is 12.2 Å². The van der Waals surface area contributed by atoms with Gasteiger partial charge in [0.2, 0.25) is 5.91 Å². The number of carbonyl (C=O) groups is 1. The first-order valence-corrected chi connectivity index (χ1v) is 4.31. The molecule has 1 amide bonds. The quantitative estimate of drug-likeness (QED) is 0.603. The van der Waals surface area contributed by atoms with Crippen LogP contribution in [0.5, 0.6) is 0 Å². The van der Waals surface area contributed by atoms with E-state index in [0.717, 1.165) is 12.8 Å². The van der Waals surface area contributed by atoms with Crippen LogP contribution >= 0.6 is 0 Å². The zero-order chi connectivity index (χ0) is 8.97. The molecule has 3 nitrogen and oxygen atoms in total. The fourth-order valence-corrected chi connectivity index (χ4v) is 1.22. The summed E-state index contributed by atoms with van der Waals surface area (Å²) in [6.07, 6.45) is 5.26. The van der Waals surface area contributed by atoms with Crippen LogP contribution in [0.15, 0.2) is 12.2 Å². The van der Waals surface area contributed by atoms with Crippen LogP contribution in [0.1, 0.15) is 19.8 Å². The molecule has 68 valence electrons. The third-order valence-corrected chi connectivity index (χ3v) is 1.95. The van der Waals surface area contributed by atoms with Crippen LogP contribution < -0.4 is 5.32 Å². The number of nitrogens with one attached hydrogen (secondary N) is 1. The van der Waals surface area contributed by atoms with E-state index in [1.807, 2.05) is 12.2 Å². The first-order valence-electron chi connectivity index (χ1n) is 4.31. The van der Waals surface area contributed by atoms with Crippen LogP contribution in [-0.4, -0.2) is 23.7 Å². The third kappa shape index (κ3) is 2.66. The van der Waals surface area contributed by atoms with Crippen molar-refractivity contribution in [3.8, 4) is 0 Å². The maximum Gasteiger partial charge on any atom is 0.223 e. The molecule has 1 aliphatic rings. The van der Waals surface area contributed by atoms with Crippen LogP contribution in [-0.2, 0) is 4.79 Å². The zero-order valence-electron chi connectivity index (χ0n) is 7.29. The monoisotopic (exact) mass is 169 g/mol. The first kappa shape index (κ1) is 9.26. The van der Waals surface area contributed by atoms with Gasteiger partial charge in [-0.05, 0) is 19.8 Å². The Balaban J connectivity index is 2.20. The van der Waals surface area contributed by atoms with Gasteiger partial charge in [0.15, 0.2) is 0 Å². The molecule has 12 heavy (non-hydrogen) atoms. The maximum absolute atomic E-state index is 11.3. The molecule has 0 radical (unpaired) electrons. The van der Waals surface area contributed by atoms with Gasteiger partial charge in [0.1, 0.15) is 0 Å². The van der Waals surface area contributed by atoms with E-state index in [4.69, 9.17) is 5.11 Å². The Labute approximate surface area is 72.5 Å². The summed E-state index contributed by atoms with van der Waals surface area (Å²) in [5, 5.41) is 11.6. The lowest BCUT2D eigenvalue weighted by Gasteiger charge is -2.11. The second kappa shape index (κ2) is 4.26. The lowest BCUT2D eigenvalue weighted by Crippen LogP contribution is -2.34. The summed E-state index contributed by atoms with van der Waals surface area (Å²) in [6, 6.07) is 0. The van der Waals surface area contributed by atoms with Crippen molar-refractivity contribution < 1.29 is 9.90 Å². The average Bonchev–Trinajstić information content (AvgIpc) is 2.51. The molecule has 1 rings (SSSR count). The Bertz CT molecular complexity index is 179. The molecule has 1 unspecified atom stereocenters. The molecule has 0 fully saturated rings. The van der Waals surface area contributed by atoms with E-state index >= 15 is 0 Å². The summed E-state index contributed by atoms with van der Waals surface area (Å²) in [4.78, 5) is 11.3. The van der Waals surface area contributed by atoms with Crippen LogP contribution in [0.3, 0.4) is 0 Å². The molecule has 2 N–H and O–H groups in total. The number of carbonyl (C=O) groups excluding carboxylic acids is 1. The SMILES string of the molecule is CC(O)CNC(=O)C1CC=CC1. The van der Waals surface area contributed by atoms with Gasteiger partial charge in [0.25, 0.3) is 0 Å². The predicted molar refractivity (Wildman–Crippen MR) is 46.6 cm³/mol. The summed E-state index contributed by atoms with van der Waals surface area (Å²) in [5.41, 5.74) is 0. The number of aliphatic hydroxyl groups excluding tert-OH is 1. The highest BCUT2D eigenvalue weighted by Crippen LogP contribution is 2.17. The number of allylic oxidation sites excluding steroid dienone is 2. The standard InChI is InChI=1S/C9H15NO2/c1-7(11)6-10-9(12)8-4-2-3-5-8/h2-3,7-8,11H,4-6H2,1H3,(H,10,12). The van der Waals surface area contributed by atoms with Gasteiger partial charge in [-0.15, -0.1) is 0 Å². The minimum Gasteiger partial charge on any atom is -0.392 e. The van der Waals surface area contributed by atoms with E-state index in [9.17, 15) is 4.79 Å². The first-order chi connectivity index (χ1) is 5.70. The van der Waals surface area contributed by atoms with Crippen molar-refractivity contribution in [2.75, 3.05) is 6.54 Å². The van der Waals surface area contributed by atoms with Crippen molar-refractivity contribution >= 4 is 5.91 Å². The molecule has 0 aliphatic heterocycles. The Kier molecular flexibility index (Phi) is 3.29. The fraction of sp³-hybridized carbons (Fsp3) is 0.667. The van der Waals surface area contributed by atoms with Crippen molar-refractivity contribution in [1.29, 1.82) is 0 Å². The molecule has 1 aliphatic carbocycles. The van der Waals surface area contributed by atoms with Crippen molar-refractivity contribution in [3.63, 3.8) is 0 Å². The van der Waals surface area contributed by atoms with Gasteiger partial charge in [-0.2, -0.15) is 0 Å². The number of hydrogen-bond donors (Lipinski definition) is 2. The molecule has 0 aromatic carbocycles. The molecule has 0 aromatic rings. The Morgan fingerprint density at radius 3 is 2.75 bits per heavy atom. The van der Waals surface area contributed by atoms with Crippen LogP contribution in [0.2, 0.25) is 0 Å². The molecular formula is C9H15NO2. The fourth-order valence-electron chi connectivity index (χ4n) is 1.22. The lowest BCUT2D eigenvalue weighted by atomic mass is 10.1. The van der Waals surface area contributed by atoms with Gasteiger partial charge < -0.3 is 10.4 Å². The highest BCUT2D eigenvalue weighted by atomic mass is 16.3. The smallest absolute Gasteiger partial charge is 0.223 e. The van der Waals surface area contributed by atoms with Gasteiger partial charge in [-0.3, -0.25) is 4.79 Å². The molecule has 0 saturated heterocycles. The van der Waals surface area contributed by atoms with Crippen molar-refractivity contribution in [1.82, 2.24) is 5.32 Å². The summed E-state index contributed by atoms with van der Waals surface area (Å²) in [7, 11) is 0. The minimum atomic E-state index is -0.455. The summed E-state index contributed by atoms with van der Waals surface area (Å²) >= 11 is 0. The van der Waals surface area contributed by atoms with Crippen molar-refractivity contribution in [2.24, 2.45) is 5.92 Å². The minimum absolute atomic E-state index is 0.0564. The maximum atomic E-state index is 11.3. The molecule has 1 atom stereocenters. The normalized spacial score (nSPS) is 19.5. The van der Waals surface area contributed by atoms with Gasteiger partial charge in [0.05, 0.1) is 6.10 Å². The molecule has 3 heteroatoms. The van der Waals surface area contributed by atoms with E-state index in [1.165, 1.54) is 0 Å². The van der Waals surface area contributed by atoms with E-state index in [-0.39, 0.29) is 11.8 Å². The number of hydrogen-bond acceptors (Lipinski definition) is 2. The third-order valence-electron chi connectivity index (χ3n) is 1.95. The second-order valence-electron chi connectivity index (χ2n) is 3.23. The Morgan fingerprint density at radius 2 is 2.25 bits per heavy atom. The van der Waals surface area contributed by atoms with Gasteiger partial charge in [-0.25, -0.2) is 0 Å². The molecule has 0 bridgehead atoms. The zero-order valence-corrected chi connectivity index (χ0v) is 7.29. The highest BCUT2D eigenvalue weighted by molar-refractivity contribution is 5.79. The van der Waals surface area contributed by atoms with Gasteiger partial charge >= 0.3 is 0 Å². The van der Waals surface area contributed by atoms with Crippen LogP contribution in [0.25, 0.3) is 0 Å². The Morgan fingerprint density at radius 1 is 1.67 bits per heavy atom. The number of rotatable bonds is 3. The molecule has 0 heterocycles. The summed E-state index contributed by atoms with van der Waals surface area (Å²) in [6.45, 7) is 2.02. The van der Waals surface area contributed by atoms with E-state index < -0.39 is 6.10 Å². The average molecular weight is 169 g/mol. The van der Waals surface area contributed by atoms with Gasteiger partial charge in [0, 0.05) is 12.5 Å². The second-order valence-corrected chi connectivity index (χ2v) is 3.23. The molecule has 0 aromatic heterocycles. The van der Waals surface area contributed by atoms with Crippen LogP contribution in [0.4, 0.5) is 0 Å². The predicted octanol–water partition coefficient (Wildman–Crippen LogP) is 0.450. The number of aliphatic hydroxyl groups is 1. The molecule has 0 spiro atoms. The van der Waals surface area contributed by atoms with Crippen LogP contribution in [0, 0.1) is 5.92 Å².